The number of nitrogens with one attached hydrogen (secondary N) is 1. The molecule has 2 rings (SSSR count). The lowest BCUT2D eigenvalue weighted by molar-refractivity contribution is 0.387. The fourth-order valence-electron chi connectivity index (χ4n) is 1.47. The molecular formula is C13H9ClFN3O. The molecule has 0 amide bonds. The average Bonchev–Trinajstić information content (AvgIpc) is 2.43. The molecule has 1 aromatic carbocycles. The molecule has 1 aromatic heterocycles. The molecule has 0 radical (unpaired) electrons. The van der Waals surface area contributed by atoms with Crippen molar-refractivity contribution in [2.24, 2.45) is 0 Å². The molecule has 0 aliphatic heterocycles. The van der Waals surface area contributed by atoms with Crippen LogP contribution in [0.1, 0.15) is 5.56 Å². The molecule has 0 saturated carbocycles. The van der Waals surface area contributed by atoms with Gasteiger partial charge in [0.1, 0.15) is 11.9 Å². The molecule has 0 atom stereocenters. The van der Waals surface area contributed by atoms with Crippen LogP contribution in [0, 0.1) is 17.1 Å². The fourth-order valence-corrected chi connectivity index (χ4v) is 1.68. The van der Waals surface area contributed by atoms with Gasteiger partial charge in [-0.25, -0.2) is 9.37 Å². The predicted octanol–water partition coefficient (Wildman–Crippen LogP) is 3.50. The number of nitrogens with zero attached hydrogens (tertiary/aromatic N) is 2. The molecule has 4 nitrogen and oxygen atoms in total. The Morgan fingerprint density at radius 1 is 1.42 bits per heavy atom. The van der Waals surface area contributed by atoms with Crippen molar-refractivity contribution in [3.63, 3.8) is 0 Å². The largest absolute Gasteiger partial charge is 0.494 e. The highest BCUT2D eigenvalue weighted by atomic mass is 35.5. The Kier molecular flexibility index (Phi) is 3.83. The number of halogens is 2. The highest BCUT2D eigenvalue weighted by Crippen LogP contribution is 2.27. The normalized spacial score (nSPS) is 9.79. The molecule has 0 spiro atoms. The van der Waals surface area contributed by atoms with Crippen molar-refractivity contribution >= 4 is 23.1 Å². The summed E-state index contributed by atoms with van der Waals surface area (Å²) in [5.74, 6) is 0.0519. The van der Waals surface area contributed by atoms with Crippen LogP contribution in [-0.4, -0.2) is 12.1 Å². The molecule has 96 valence electrons. The molecule has 6 heteroatoms. The number of methoxy groups -OCH3 is 1. The van der Waals surface area contributed by atoms with Crippen LogP contribution in [0.5, 0.6) is 5.75 Å². The van der Waals surface area contributed by atoms with E-state index in [1.807, 2.05) is 6.07 Å². The maximum absolute atomic E-state index is 13.3. The van der Waals surface area contributed by atoms with E-state index in [0.29, 0.717) is 22.1 Å². The quantitative estimate of drug-likeness (QED) is 0.933. The van der Waals surface area contributed by atoms with Gasteiger partial charge in [0.2, 0.25) is 0 Å². The molecule has 19 heavy (non-hydrogen) atoms. The SMILES string of the molecule is COc1cc(Nc2ncc(C#N)cc2Cl)ccc1F. The summed E-state index contributed by atoms with van der Waals surface area (Å²) >= 11 is 5.98. The van der Waals surface area contributed by atoms with Crippen LogP contribution in [0.15, 0.2) is 30.5 Å². The summed E-state index contributed by atoms with van der Waals surface area (Å²) in [6.45, 7) is 0. The van der Waals surface area contributed by atoms with Gasteiger partial charge in [-0.2, -0.15) is 5.26 Å². The first-order valence-electron chi connectivity index (χ1n) is 5.30. The van der Waals surface area contributed by atoms with E-state index in [4.69, 9.17) is 21.6 Å². The number of hydrogen-bond acceptors (Lipinski definition) is 4. The van der Waals surface area contributed by atoms with Crippen molar-refractivity contribution in [1.29, 1.82) is 5.26 Å². The minimum Gasteiger partial charge on any atom is -0.494 e. The average molecular weight is 278 g/mol. The van der Waals surface area contributed by atoms with E-state index in [2.05, 4.69) is 10.3 Å². The number of hydrogen-bond donors (Lipinski definition) is 1. The van der Waals surface area contributed by atoms with E-state index in [-0.39, 0.29) is 5.75 Å². The molecule has 0 aliphatic carbocycles. The van der Waals surface area contributed by atoms with Gasteiger partial charge in [0.05, 0.1) is 17.7 Å². The Hall–Kier alpha value is -2.32. The number of aromatic nitrogens is 1. The van der Waals surface area contributed by atoms with E-state index >= 15 is 0 Å². The summed E-state index contributed by atoms with van der Waals surface area (Å²) < 4.78 is 18.1. The van der Waals surface area contributed by atoms with Crippen LogP contribution in [0.3, 0.4) is 0 Å². The summed E-state index contributed by atoms with van der Waals surface area (Å²) in [7, 11) is 1.38. The second-order valence-electron chi connectivity index (χ2n) is 3.64. The van der Waals surface area contributed by atoms with Crippen LogP contribution in [0.25, 0.3) is 0 Å². The second-order valence-corrected chi connectivity index (χ2v) is 4.05. The van der Waals surface area contributed by atoms with E-state index in [0.717, 1.165) is 0 Å². The van der Waals surface area contributed by atoms with Crippen molar-refractivity contribution in [3.8, 4) is 11.8 Å². The summed E-state index contributed by atoms with van der Waals surface area (Å²) in [5.41, 5.74) is 0.949. The predicted molar refractivity (Wildman–Crippen MR) is 70.2 cm³/mol. The number of benzene rings is 1. The van der Waals surface area contributed by atoms with Gasteiger partial charge in [0, 0.05) is 18.0 Å². The van der Waals surface area contributed by atoms with Gasteiger partial charge in [-0.1, -0.05) is 11.6 Å². The molecule has 0 unspecified atom stereocenters. The minimum atomic E-state index is -0.452. The van der Waals surface area contributed by atoms with Gasteiger partial charge in [0.15, 0.2) is 11.6 Å². The Bertz CT molecular complexity index is 655. The van der Waals surface area contributed by atoms with Gasteiger partial charge in [0.25, 0.3) is 0 Å². The van der Waals surface area contributed by atoms with Crippen LogP contribution in [0.4, 0.5) is 15.9 Å². The van der Waals surface area contributed by atoms with Crippen LogP contribution >= 0.6 is 11.6 Å². The van der Waals surface area contributed by atoms with Crippen molar-refractivity contribution in [2.75, 3.05) is 12.4 Å². The van der Waals surface area contributed by atoms with E-state index in [9.17, 15) is 4.39 Å². The summed E-state index contributed by atoms with van der Waals surface area (Å²) in [5, 5.41) is 11.9. The van der Waals surface area contributed by atoms with Gasteiger partial charge >= 0.3 is 0 Å². The Morgan fingerprint density at radius 2 is 2.21 bits per heavy atom. The monoisotopic (exact) mass is 277 g/mol. The van der Waals surface area contributed by atoms with Crippen molar-refractivity contribution < 1.29 is 9.13 Å². The number of rotatable bonds is 3. The molecule has 0 fully saturated rings. The third kappa shape index (κ3) is 2.92. The molecule has 2 aromatic rings. The smallest absolute Gasteiger partial charge is 0.165 e. The van der Waals surface area contributed by atoms with Crippen LogP contribution < -0.4 is 10.1 Å². The zero-order chi connectivity index (χ0) is 13.8. The lowest BCUT2D eigenvalue weighted by atomic mass is 10.2. The maximum Gasteiger partial charge on any atom is 0.165 e. The lowest BCUT2D eigenvalue weighted by Gasteiger charge is -2.09. The van der Waals surface area contributed by atoms with Crippen LogP contribution in [0.2, 0.25) is 5.02 Å². The Labute approximate surface area is 114 Å². The number of anilines is 2. The second kappa shape index (κ2) is 5.55. The van der Waals surface area contributed by atoms with Crippen LogP contribution in [-0.2, 0) is 0 Å². The van der Waals surface area contributed by atoms with Crippen molar-refractivity contribution in [3.05, 3.63) is 46.9 Å². The standard InChI is InChI=1S/C13H9ClFN3O/c1-19-12-5-9(2-3-11(12)15)18-13-10(14)4-8(6-16)7-17-13/h2-5,7H,1H3,(H,17,18). The third-order valence-corrected chi connectivity index (χ3v) is 2.67. The molecular weight excluding hydrogens is 269 g/mol. The van der Waals surface area contributed by atoms with Gasteiger partial charge in [-0.05, 0) is 18.2 Å². The molecule has 0 aliphatic rings. The fraction of sp³-hybridized carbons (Fsp3) is 0.0769. The zero-order valence-electron chi connectivity index (χ0n) is 9.95. The summed E-state index contributed by atoms with van der Waals surface area (Å²) in [4.78, 5) is 4.02. The van der Waals surface area contributed by atoms with E-state index in [1.165, 1.54) is 37.6 Å². The summed E-state index contributed by atoms with van der Waals surface area (Å²) in [6.07, 6.45) is 1.40. The number of nitriles is 1. The molecule has 0 saturated heterocycles. The Morgan fingerprint density at radius 3 is 2.84 bits per heavy atom. The molecule has 0 bridgehead atoms. The number of pyridine rings is 1. The van der Waals surface area contributed by atoms with E-state index < -0.39 is 5.82 Å². The summed E-state index contributed by atoms with van der Waals surface area (Å²) in [6, 6.07) is 7.74. The highest BCUT2D eigenvalue weighted by molar-refractivity contribution is 6.33. The zero-order valence-corrected chi connectivity index (χ0v) is 10.7. The minimum absolute atomic E-state index is 0.120. The highest BCUT2D eigenvalue weighted by Gasteiger charge is 2.07. The topological polar surface area (TPSA) is 57.9 Å². The first-order chi connectivity index (χ1) is 9.13. The van der Waals surface area contributed by atoms with Gasteiger partial charge < -0.3 is 10.1 Å². The van der Waals surface area contributed by atoms with E-state index in [1.54, 1.807) is 0 Å². The van der Waals surface area contributed by atoms with Gasteiger partial charge in [-0.15, -0.1) is 0 Å². The third-order valence-electron chi connectivity index (χ3n) is 2.38. The Balaban J connectivity index is 2.29. The van der Waals surface area contributed by atoms with Gasteiger partial charge in [-0.3, -0.25) is 0 Å². The van der Waals surface area contributed by atoms with Crippen molar-refractivity contribution in [1.82, 2.24) is 4.98 Å². The van der Waals surface area contributed by atoms with Crippen molar-refractivity contribution in [2.45, 2.75) is 0 Å². The first-order valence-corrected chi connectivity index (χ1v) is 5.68. The maximum atomic E-state index is 13.3. The number of ether oxygens (including phenoxy) is 1. The molecule has 1 heterocycles. The lowest BCUT2D eigenvalue weighted by Crippen LogP contribution is -1.96. The first kappa shape index (κ1) is 13.1. The molecule has 1 N–H and O–H groups in total.